The number of alkyl halides is 4. The molecule has 0 unspecified atom stereocenters. The van der Waals surface area contributed by atoms with E-state index in [0.717, 1.165) is 12.1 Å². The van der Waals surface area contributed by atoms with Crippen molar-refractivity contribution in [1.82, 2.24) is 14.9 Å². The highest BCUT2D eigenvalue weighted by Crippen LogP contribution is 2.36. The third-order valence-corrected chi connectivity index (χ3v) is 4.80. The van der Waals surface area contributed by atoms with Crippen LogP contribution in [0.5, 0.6) is 11.6 Å². The van der Waals surface area contributed by atoms with Crippen LogP contribution in [0.15, 0.2) is 36.7 Å². The Morgan fingerprint density at radius 2 is 1.93 bits per heavy atom. The van der Waals surface area contributed by atoms with E-state index in [9.17, 15) is 18.0 Å². The fourth-order valence-corrected chi connectivity index (χ4v) is 3.35. The fraction of sp³-hybridized carbons (Fsp3) is 0.421. The van der Waals surface area contributed by atoms with Gasteiger partial charge in [0.15, 0.2) is 0 Å². The van der Waals surface area contributed by atoms with Gasteiger partial charge in [0.25, 0.3) is 0 Å². The molecule has 1 aromatic heterocycles. The maximum Gasteiger partial charge on any atom is 0.416 e. The molecule has 0 aliphatic carbocycles. The lowest BCUT2D eigenvalue weighted by atomic mass is 9.93. The second-order valence-corrected chi connectivity index (χ2v) is 6.85. The zero-order chi connectivity index (χ0) is 20.1. The molecule has 9 heteroatoms. The number of rotatable bonds is 5. The van der Waals surface area contributed by atoms with Crippen LogP contribution in [0.1, 0.15) is 36.4 Å². The van der Waals surface area contributed by atoms with E-state index in [4.69, 9.17) is 16.3 Å². The summed E-state index contributed by atoms with van der Waals surface area (Å²) >= 11 is 5.62. The Morgan fingerprint density at radius 1 is 1.21 bits per heavy atom. The zero-order valence-corrected chi connectivity index (χ0v) is 15.7. The molecule has 1 aliphatic rings. The van der Waals surface area contributed by atoms with Crippen LogP contribution in [0, 0.1) is 0 Å². The molecule has 0 atom stereocenters. The van der Waals surface area contributed by atoms with E-state index < -0.39 is 11.7 Å². The van der Waals surface area contributed by atoms with Crippen LogP contribution in [-0.4, -0.2) is 39.7 Å². The quantitative estimate of drug-likeness (QED) is 0.671. The summed E-state index contributed by atoms with van der Waals surface area (Å²) in [5.74, 6) is 0.555. The summed E-state index contributed by atoms with van der Waals surface area (Å²) in [5, 5.41) is 0. The van der Waals surface area contributed by atoms with Gasteiger partial charge in [0.05, 0.1) is 5.56 Å². The molecule has 2 heterocycles. The van der Waals surface area contributed by atoms with Crippen molar-refractivity contribution in [3.63, 3.8) is 0 Å². The van der Waals surface area contributed by atoms with Crippen LogP contribution in [0.4, 0.5) is 13.2 Å². The molecule has 1 amide bonds. The lowest BCUT2D eigenvalue weighted by Gasteiger charge is -2.32. The number of carbonyl (C=O) groups excluding carboxylic acids is 1. The molecule has 0 spiro atoms. The molecule has 0 saturated carbocycles. The molecule has 2 aromatic rings. The van der Waals surface area contributed by atoms with Gasteiger partial charge >= 0.3 is 6.18 Å². The van der Waals surface area contributed by atoms with Crippen molar-refractivity contribution < 1.29 is 22.7 Å². The number of hydrogen-bond acceptors (Lipinski definition) is 4. The minimum atomic E-state index is -4.45. The number of hydrogen-bond donors (Lipinski definition) is 0. The molecule has 1 saturated heterocycles. The van der Waals surface area contributed by atoms with Crippen LogP contribution in [0.25, 0.3) is 0 Å². The van der Waals surface area contributed by atoms with Crippen molar-refractivity contribution in [3.8, 4) is 11.6 Å². The molecule has 3 rings (SSSR count). The summed E-state index contributed by atoms with van der Waals surface area (Å²) in [6.07, 6.45) is 0.163. The Hall–Kier alpha value is -2.35. The van der Waals surface area contributed by atoms with Crippen molar-refractivity contribution in [1.29, 1.82) is 0 Å². The highest BCUT2D eigenvalue weighted by Gasteiger charge is 2.31. The van der Waals surface area contributed by atoms with Gasteiger partial charge in [0, 0.05) is 43.7 Å². The molecule has 1 fully saturated rings. The first-order valence-corrected chi connectivity index (χ1v) is 9.41. The van der Waals surface area contributed by atoms with Gasteiger partial charge < -0.3 is 9.64 Å². The van der Waals surface area contributed by atoms with E-state index in [1.807, 2.05) is 0 Å². The fourth-order valence-electron chi connectivity index (χ4n) is 3.18. The lowest BCUT2D eigenvalue weighted by Crippen LogP contribution is -2.38. The Morgan fingerprint density at radius 3 is 2.61 bits per heavy atom. The Labute approximate surface area is 165 Å². The summed E-state index contributed by atoms with van der Waals surface area (Å²) in [4.78, 5) is 22.2. The Balaban J connectivity index is 1.73. The van der Waals surface area contributed by atoms with Crippen LogP contribution in [0.2, 0.25) is 0 Å². The van der Waals surface area contributed by atoms with Gasteiger partial charge in [0.2, 0.25) is 11.8 Å². The molecule has 0 N–H and O–H groups in total. The number of ether oxygens (including phenoxy) is 1. The first-order chi connectivity index (χ1) is 13.4. The van der Waals surface area contributed by atoms with Crippen molar-refractivity contribution in [2.45, 2.75) is 31.4 Å². The number of amides is 1. The first kappa shape index (κ1) is 20.4. The highest BCUT2D eigenvalue weighted by molar-refractivity contribution is 6.18. The van der Waals surface area contributed by atoms with E-state index in [1.165, 1.54) is 24.5 Å². The predicted octanol–water partition coefficient (Wildman–Crippen LogP) is 4.62. The minimum absolute atomic E-state index is 0.00884. The van der Waals surface area contributed by atoms with Gasteiger partial charge in [0.1, 0.15) is 11.4 Å². The second kappa shape index (κ2) is 8.77. The van der Waals surface area contributed by atoms with Gasteiger partial charge in [-0.3, -0.25) is 9.78 Å². The normalized spacial score (nSPS) is 15.5. The van der Waals surface area contributed by atoms with Crippen LogP contribution in [0.3, 0.4) is 0 Å². The number of nitrogens with zero attached hydrogens (tertiary/aromatic N) is 3. The molecule has 1 aromatic carbocycles. The molecule has 1 aliphatic heterocycles. The third kappa shape index (κ3) is 4.92. The third-order valence-electron chi connectivity index (χ3n) is 4.61. The molecular weight excluding hydrogens is 395 g/mol. The SMILES string of the molecule is O=C(CCCl)N1CCC(c2nccnc2Oc2cccc(C(F)(F)F)c2)CC1. The van der Waals surface area contributed by atoms with Crippen molar-refractivity contribution >= 4 is 17.5 Å². The Bertz CT molecular complexity index is 824. The smallest absolute Gasteiger partial charge is 0.416 e. The number of carbonyl (C=O) groups is 1. The van der Waals surface area contributed by atoms with Gasteiger partial charge in [-0.1, -0.05) is 6.07 Å². The van der Waals surface area contributed by atoms with E-state index >= 15 is 0 Å². The topological polar surface area (TPSA) is 55.3 Å². The highest BCUT2D eigenvalue weighted by atomic mass is 35.5. The van der Waals surface area contributed by atoms with Crippen molar-refractivity contribution in [2.24, 2.45) is 0 Å². The summed E-state index contributed by atoms with van der Waals surface area (Å²) in [5.41, 5.74) is -0.203. The number of halogens is 4. The summed E-state index contributed by atoms with van der Waals surface area (Å²) in [6, 6.07) is 4.65. The zero-order valence-electron chi connectivity index (χ0n) is 15.0. The Kier molecular flexibility index (Phi) is 6.39. The second-order valence-electron chi connectivity index (χ2n) is 6.47. The molecular formula is C19H19ClF3N3O2. The van der Waals surface area contributed by atoms with E-state index in [-0.39, 0.29) is 29.3 Å². The van der Waals surface area contributed by atoms with Gasteiger partial charge in [-0.15, -0.1) is 11.6 Å². The number of piperidine rings is 1. The largest absolute Gasteiger partial charge is 0.437 e. The summed E-state index contributed by atoms with van der Waals surface area (Å²) in [7, 11) is 0. The van der Waals surface area contributed by atoms with Crippen molar-refractivity contribution in [2.75, 3.05) is 19.0 Å². The van der Waals surface area contributed by atoms with Gasteiger partial charge in [-0.05, 0) is 31.0 Å². The first-order valence-electron chi connectivity index (χ1n) is 8.88. The van der Waals surface area contributed by atoms with Crippen LogP contribution >= 0.6 is 11.6 Å². The monoisotopic (exact) mass is 413 g/mol. The standard InChI is InChI=1S/C19H19ClF3N3O2/c20-7-4-16(27)26-10-5-13(6-11-26)17-18(25-9-8-24-17)28-15-3-1-2-14(12-15)19(21,22)23/h1-3,8-9,12-13H,4-7,10-11H2. The maximum absolute atomic E-state index is 12.9. The van der Waals surface area contributed by atoms with E-state index in [2.05, 4.69) is 9.97 Å². The lowest BCUT2D eigenvalue weighted by molar-refractivity contribution is -0.137. The van der Waals surface area contributed by atoms with Crippen LogP contribution < -0.4 is 4.74 Å². The number of likely N-dealkylation sites (tertiary alicyclic amines) is 1. The molecule has 150 valence electrons. The molecule has 5 nitrogen and oxygen atoms in total. The van der Waals surface area contributed by atoms with Gasteiger partial charge in [-0.2, -0.15) is 13.2 Å². The van der Waals surface area contributed by atoms with E-state index in [0.29, 0.717) is 38.0 Å². The average Bonchev–Trinajstić information content (AvgIpc) is 2.68. The summed E-state index contributed by atoms with van der Waals surface area (Å²) < 4.78 is 44.4. The van der Waals surface area contributed by atoms with Crippen LogP contribution in [-0.2, 0) is 11.0 Å². The molecule has 28 heavy (non-hydrogen) atoms. The number of aromatic nitrogens is 2. The van der Waals surface area contributed by atoms with Crippen molar-refractivity contribution in [3.05, 3.63) is 47.9 Å². The minimum Gasteiger partial charge on any atom is -0.437 e. The summed E-state index contributed by atoms with van der Waals surface area (Å²) in [6.45, 7) is 1.14. The average molecular weight is 414 g/mol. The predicted molar refractivity (Wildman–Crippen MR) is 97.4 cm³/mol. The van der Waals surface area contributed by atoms with E-state index in [1.54, 1.807) is 4.90 Å². The molecule has 0 bridgehead atoms. The number of benzene rings is 1. The maximum atomic E-state index is 12.9. The molecule has 0 radical (unpaired) electrons. The van der Waals surface area contributed by atoms with Gasteiger partial charge in [-0.25, -0.2) is 4.98 Å².